The van der Waals surface area contributed by atoms with Crippen LogP contribution in [0.3, 0.4) is 0 Å². The fourth-order valence-electron chi connectivity index (χ4n) is 3.83. The Morgan fingerprint density at radius 2 is 1.97 bits per heavy atom. The van der Waals surface area contributed by atoms with Gasteiger partial charge in [-0.2, -0.15) is 0 Å². The lowest BCUT2D eigenvalue weighted by Crippen LogP contribution is -2.17. The Balaban J connectivity index is 1.54. The Morgan fingerprint density at radius 3 is 2.76 bits per heavy atom. The third-order valence-corrected chi connectivity index (χ3v) is 5.50. The highest BCUT2D eigenvalue weighted by Gasteiger charge is 2.30. The maximum Gasteiger partial charge on any atom is 0.270 e. The van der Waals surface area contributed by atoms with E-state index in [0.717, 1.165) is 23.7 Å². The molecule has 2 aromatic carbocycles. The molecule has 0 saturated carbocycles. The van der Waals surface area contributed by atoms with E-state index in [2.05, 4.69) is 15.1 Å². The van der Waals surface area contributed by atoms with Crippen molar-refractivity contribution in [2.75, 3.05) is 6.61 Å². The molecular weight excluding hydrogens is 442 g/mol. The predicted octanol–water partition coefficient (Wildman–Crippen LogP) is 4.09. The zero-order valence-corrected chi connectivity index (χ0v) is 18.2. The molecule has 0 bridgehead atoms. The van der Waals surface area contributed by atoms with Crippen LogP contribution in [0.15, 0.2) is 52.6 Å². The van der Waals surface area contributed by atoms with Crippen LogP contribution >= 0.6 is 0 Å². The van der Waals surface area contributed by atoms with Gasteiger partial charge in [-0.3, -0.25) is 20.1 Å². The monoisotopic (exact) mass is 465 g/mol. The van der Waals surface area contributed by atoms with Gasteiger partial charge in [-0.25, -0.2) is 10.5 Å². The molecule has 0 fully saturated rings. The van der Waals surface area contributed by atoms with Crippen LogP contribution in [0.25, 0.3) is 10.9 Å². The lowest BCUT2D eigenvalue weighted by molar-refractivity contribution is -0.384. The number of hydroxylamine groups is 1. The lowest BCUT2D eigenvalue weighted by atomic mass is 10.0. The quantitative estimate of drug-likeness (QED) is 0.152. The van der Waals surface area contributed by atoms with Crippen LogP contribution in [0.2, 0.25) is 0 Å². The van der Waals surface area contributed by atoms with Crippen LogP contribution in [0.1, 0.15) is 43.2 Å². The number of non-ortho nitro benzene ring substituents is 1. The van der Waals surface area contributed by atoms with E-state index < -0.39 is 10.8 Å². The van der Waals surface area contributed by atoms with Crippen LogP contribution in [0.4, 0.5) is 11.4 Å². The number of unbranched alkanes of at least 4 members (excludes halogenated alkanes) is 3. The summed E-state index contributed by atoms with van der Waals surface area (Å²) in [5.74, 6) is -0.495. The van der Waals surface area contributed by atoms with Gasteiger partial charge in [0.2, 0.25) is 5.91 Å². The summed E-state index contributed by atoms with van der Waals surface area (Å²) in [4.78, 5) is 34.9. The van der Waals surface area contributed by atoms with Gasteiger partial charge in [-0.05, 0) is 31.4 Å². The number of aromatic hydroxyl groups is 1. The van der Waals surface area contributed by atoms with Crippen molar-refractivity contribution in [3.05, 3.63) is 63.7 Å². The van der Waals surface area contributed by atoms with E-state index in [1.54, 1.807) is 11.5 Å². The summed E-state index contributed by atoms with van der Waals surface area (Å²) in [6.07, 6.45) is 3.18. The van der Waals surface area contributed by atoms with E-state index in [1.807, 2.05) is 24.3 Å². The Morgan fingerprint density at radius 1 is 1.18 bits per heavy atom. The highest BCUT2D eigenvalue weighted by Crippen LogP contribution is 2.37. The number of nitro benzene ring substituents is 1. The number of nitrogens with one attached hydrogen (secondary N) is 2. The molecule has 4 rings (SSSR count). The average molecular weight is 465 g/mol. The van der Waals surface area contributed by atoms with E-state index >= 15 is 0 Å². The third kappa shape index (κ3) is 4.74. The number of aromatic nitrogens is 1. The maximum absolute atomic E-state index is 11.3. The number of carbonyl (C=O) groups is 1. The van der Waals surface area contributed by atoms with E-state index in [4.69, 9.17) is 10.0 Å². The molecule has 0 atom stereocenters. The smallest absolute Gasteiger partial charge is 0.270 e. The van der Waals surface area contributed by atoms with Gasteiger partial charge in [0.15, 0.2) is 5.88 Å². The van der Waals surface area contributed by atoms with Gasteiger partial charge < -0.3 is 14.9 Å². The number of nitro groups is 1. The normalized spacial score (nSPS) is 13.7. The molecule has 1 aromatic heterocycles. The van der Waals surface area contributed by atoms with E-state index in [0.29, 0.717) is 47.7 Å². The first-order chi connectivity index (χ1) is 16.5. The minimum Gasteiger partial charge on any atom is -0.494 e. The molecule has 1 aliphatic heterocycles. The first-order valence-electron chi connectivity index (χ1n) is 10.8. The highest BCUT2D eigenvalue weighted by molar-refractivity contribution is 6.58. The van der Waals surface area contributed by atoms with Crippen molar-refractivity contribution < 1.29 is 24.9 Å². The van der Waals surface area contributed by atoms with Crippen molar-refractivity contribution in [3.8, 4) is 5.88 Å². The second-order valence-corrected chi connectivity index (χ2v) is 7.79. The Hall–Kier alpha value is -4.25. The SMILES string of the molecule is O=C(CCCCCCO/N=C1/C(c2c(O)[nH]c3ccccc23)=Nc2ccc([N+](=O)[O-])cc21)NO. The molecular formula is C23H23N5O6. The third-order valence-electron chi connectivity index (χ3n) is 5.50. The Labute approximate surface area is 193 Å². The number of hydrogen-bond acceptors (Lipinski definition) is 8. The van der Waals surface area contributed by atoms with Gasteiger partial charge in [0.25, 0.3) is 5.69 Å². The van der Waals surface area contributed by atoms with Crippen molar-refractivity contribution >= 4 is 39.6 Å². The van der Waals surface area contributed by atoms with Crippen molar-refractivity contribution in [2.24, 2.45) is 10.1 Å². The number of H-pyrrole nitrogens is 1. The number of para-hydroxylation sites is 1. The molecule has 4 N–H and O–H groups in total. The summed E-state index contributed by atoms with van der Waals surface area (Å²) < 4.78 is 0. The second kappa shape index (κ2) is 10.1. The predicted molar refractivity (Wildman–Crippen MR) is 125 cm³/mol. The number of oxime groups is 1. The van der Waals surface area contributed by atoms with Crippen molar-refractivity contribution in [2.45, 2.75) is 32.1 Å². The number of aliphatic imine (C=N–C) groups is 1. The van der Waals surface area contributed by atoms with Gasteiger partial charge in [0.1, 0.15) is 18.0 Å². The number of nitrogens with zero attached hydrogens (tertiary/aromatic N) is 3. The molecule has 176 valence electrons. The number of rotatable bonds is 10. The molecule has 0 radical (unpaired) electrons. The van der Waals surface area contributed by atoms with Crippen molar-refractivity contribution in [3.63, 3.8) is 0 Å². The zero-order valence-electron chi connectivity index (χ0n) is 18.2. The average Bonchev–Trinajstić information content (AvgIpc) is 3.35. The maximum atomic E-state index is 11.3. The van der Waals surface area contributed by atoms with Gasteiger partial charge in [-0.1, -0.05) is 29.8 Å². The van der Waals surface area contributed by atoms with E-state index in [9.17, 15) is 20.0 Å². The summed E-state index contributed by atoms with van der Waals surface area (Å²) >= 11 is 0. The van der Waals surface area contributed by atoms with Crippen molar-refractivity contribution in [1.82, 2.24) is 10.5 Å². The standard InChI is InChI=1S/C23H23N5O6/c29-19(26-31)9-3-1-2-6-12-34-27-21-16-13-14(28(32)33)10-11-18(16)24-22(21)20-15-7-4-5-8-17(15)25-23(20)30/h4-5,7-8,10-11,13,25,30-31H,1-3,6,9,12H2,(H,26,29)/b27-21+. The molecule has 34 heavy (non-hydrogen) atoms. The summed E-state index contributed by atoms with van der Waals surface area (Å²) in [6, 6.07) is 11.6. The number of fused-ring (bicyclic) bond motifs is 2. The summed E-state index contributed by atoms with van der Waals surface area (Å²) in [7, 11) is 0. The number of carbonyl (C=O) groups excluding carboxylic acids is 1. The van der Waals surface area contributed by atoms with Gasteiger partial charge in [0, 0.05) is 35.0 Å². The molecule has 0 saturated heterocycles. The van der Waals surface area contributed by atoms with E-state index in [1.165, 1.54) is 12.1 Å². The van der Waals surface area contributed by atoms with Gasteiger partial charge in [-0.15, -0.1) is 0 Å². The Kier molecular flexibility index (Phi) is 6.83. The molecule has 11 heteroatoms. The summed E-state index contributed by atoms with van der Waals surface area (Å²) in [6.45, 7) is 0.299. The molecule has 2 heterocycles. The van der Waals surface area contributed by atoms with Crippen LogP contribution in [-0.2, 0) is 9.63 Å². The minimum absolute atomic E-state index is 0.0816. The van der Waals surface area contributed by atoms with Crippen LogP contribution in [0.5, 0.6) is 5.88 Å². The largest absolute Gasteiger partial charge is 0.494 e. The van der Waals surface area contributed by atoms with Crippen LogP contribution < -0.4 is 5.48 Å². The second-order valence-electron chi connectivity index (χ2n) is 7.79. The molecule has 0 aliphatic carbocycles. The van der Waals surface area contributed by atoms with Crippen molar-refractivity contribution in [1.29, 1.82) is 0 Å². The van der Waals surface area contributed by atoms with E-state index in [-0.39, 0.29) is 18.0 Å². The molecule has 0 spiro atoms. The molecule has 1 amide bonds. The van der Waals surface area contributed by atoms with Crippen LogP contribution in [0, 0.1) is 10.1 Å². The molecule has 3 aromatic rings. The Bertz CT molecular complexity index is 1300. The number of amides is 1. The lowest BCUT2D eigenvalue weighted by Gasteiger charge is -2.06. The minimum atomic E-state index is -0.489. The summed E-state index contributed by atoms with van der Waals surface area (Å²) in [5, 5.41) is 35.4. The number of benzene rings is 2. The topological polar surface area (TPSA) is 162 Å². The molecule has 0 unspecified atom stereocenters. The van der Waals surface area contributed by atoms with Crippen LogP contribution in [-0.4, -0.2) is 44.2 Å². The number of hydrogen-bond donors (Lipinski definition) is 4. The molecule has 1 aliphatic rings. The van der Waals surface area contributed by atoms with Gasteiger partial charge in [0.05, 0.1) is 16.2 Å². The first-order valence-corrected chi connectivity index (χ1v) is 10.8. The number of aromatic amines is 1. The zero-order chi connectivity index (χ0) is 24.1. The highest BCUT2D eigenvalue weighted by atomic mass is 16.6. The van der Waals surface area contributed by atoms with Gasteiger partial charge >= 0.3 is 0 Å². The fraction of sp³-hybridized carbons (Fsp3) is 0.261. The molecule has 11 nitrogen and oxygen atoms in total. The fourth-order valence-corrected chi connectivity index (χ4v) is 3.83. The summed E-state index contributed by atoms with van der Waals surface area (Å²) in [5.41, 5.74) is 4.27. The first kappa shape index (κ1) is 22.9.